The SMILES string of the molecule is C=C(C)C(=O)Oc1ccc(SC(C)=O)c(C)c1. The predicted octanol–water partition coefficient (Wildman–Crippen LogP) is 3.12. The summed E-state index contributed by atoms with van der Waals surface area (Å²) in [6.07, 6.45) is 0. The molecule has 3 nitrogen and oxygen atoms in total. The smallest absolute Gasteiger partial charge is 0.338 e. The van der Waals surface area contributed by atoms with Crippen molar-refractivity contribution in [3.05, 3.63) is 35.9 Å². The van der Waals surface area contributed by atoms with Crippen LogP contribution in [-0.2, 0) is 9.59 Å². The molecule has 0 spiro atoms. The van der Waals surface area contributed by atoms with Gasteiger partial charge in [-0.05, 0) is 37.6 Å². The van der Waals surface area contributed by atoms with Gasteiger partial charge >= 0.3 is 5.97 Å². The van der Waals surface area contributed by atoms with Crippen LogP contribution in [0.15, 0.2) is 35.2 Å². The number of rotatable bonds is 3. The first-order valence-corrected chi connectivity index (χ1v) is 5.88. The lowest BCUT2D eigenvalue weighted by molar-refractivity contribution is -0.130. The normalized spacial score (nSPS) is 9.82. The molecule has 4 heteroatoms. The molecule has 0 aliphatic heterocycles. The Balaban J connectivity index is 2.85. The third kappa shape index (κ3) is 4.07. The van der Waals surface area contributed by atoms with E-state index < -0.39 is 5.97 Å². The Morgan fingerprint density at radius 3 is 2.41 bits per heavy atom. The first-order chi connectivity index (χ1) is 7.90. The van der Waals surface area contributed by atoms with Crippen molar-refractivity contribution in [2.75, 3.05) is 0 Å². The molecule has 0 N–H and O–H groups in total. The highest BCUT2D eigenvalue weighted by Gasteiger charge is 2.08. The Hall–Kier alpha value is -1.55. The fourth-order valence-corrected chi connectivity index (χ4v) is 1.81. The van der Waals surface area contributed by atoms with Crippen LogP contribution >= 0.6 is 11.8 Å². The Bertz CT molecular complexity index is 478. The maximum Gasteiger partial charge on any atom is 0.338 e. The van der Waals surface area contributed by atoms with E-state index in [4.69, 9.17) is 4.74 Å². The summed E-state index contributed by atoms with van der Waals surface area (Å²) in [5.41, 5.74) is 1.25. The van der Waals surface area contributed by atoms with Crippen molar-refractivity contribution in [2.24, 2.45) is 0 Å². The van der Waals surface area contributed by atoms with Crippen LogP contribution in [0.5, 0.6) is 5.75 Å². The summed E-state index contributed by atoms with van der Waals surface area (Å²) in [5, 5.41) is 0.0276. The number of ether oxygens (including phenoxy) is 1. The first kappa shape index (κ1) is 13.5. The molecule has 0 aliphatic rings. The van der Waals surface area contributed by atoms with E-state index >= 15 is 0 Å². The van der Waals surface area contributed by atoms with Gasteiger partial charge in [0.1, 0.15) is 5.75 Å². The summed E-state index contributed by atoms with van der Waals surface area (Å²) in [4.78, 5) is 23.2. The summed E-state index contributed by atoms with van der Waals surface area (Å²) >= 11 is 1.16. The van der Waals surface area contributed by atoms with Crippen LogP contribution in [0.2, 0.25) is 0 Å². The van der Waals surface area contributed by atoms with Crippen molar-refractivity contribution in [1.82, 2.24) is 0 Å². The fourth-order valence-electron chi connectivity index (χ4n) is 1.15. The van der Waals surface area contributed by atoms with E-state index in [9.17, 15) is 9.59 Å². The molecule has 0 aromatic heterocycles. The zero-order chi connectivity index (χ0) is 13.0. The van der Waals surface area contributed by atoms with Crippen molar-refractivity contribution in [2.45, 2.75) is 25.7 Å². The van der Waals surface area contributed by atoms with Crippen LogP contribution < -0.4 is 4.74 Å². The number of carbonyl (C=O) groups is 2. The van der Waals surface area contributed by atoms with Crippen molar-refractivity contribution in [1.29, 1.82) is 0 Å². The Morgan fingerprint density at radius 1 is 1.29 bits per heavy atom. The molecule has 0 heterocycles. The lowest BCUT2D eigenvalue weighted by Crippen LogP contribution is -2.08. The van der Waals surface area contributed by atoms with Gasteiger partial charge in [0.2, 0.25) is 0 Å². The van der Waals surface area contributed by atoms with Crippen LogP contribution in [0.25, 0.3) is 0 Å². The number of hydrogen-bond acceptors (Lipinski definition) is 4. The van der Waals surface area contributed by atoms with Gasteiger partial charge in [-0.1, -0.05) is 18.3 Å². The number of thioether (sulfide) groups is 1. The van der Waals surface area contributed by atoms with Gasteiger partial charge in [0.15, 0.2) is 5.12 Å². The summed E-state index contributed by atoms with van der Waals surface area (Å²) in [7, 11) is 0. The molecule has 0 aliphatic carbocycles. The molecule has 0 saturated heterocycles. The molecular formula is C13H14O3S. The zero-order valence-electron chi connectivity index (χ0n) is 10.1. The second-order valence-electron chi connectivity index (χ2n) is 3.69. The molecule has 0 atom stereocenters. The number of esters is 1. The Morgan fingerprint density at radius 2 is 1.94 bits per heavy atom. The number of hydrogen-bond donors (Lipinski definition) is 0. The molecule has 0 amide bonds. The molecule has 0 fully saturated rings. The molecule has 0 bridgehead atoms. The molecule has 1 rings (SSSR count). The minimum absolute atomic E-state index is 0.0276. The minimum Gasteiger partial charge on any atom is -0.423 e. The molecule has 0 unspecified atom stereocenters. The van der Waals surface area contributed by atoms with Crippen molar-refractivity contribution < 1.29 is 14.3 Å². The molecular weight excluding hydrogens is 236 g/mol. The largest absolute Gasteiger partial charge is 0.423 e. The third-order valence-corrected chi connectivity index (χ3v) is 2.92. The average Bonchev–Trinajstić information content (AvgIpc) is 2.21. The van der Waals surface area contributed by atoms with Gasteiger partial charge in [-0.3, -0.25) is 4.79 Å². The standard InChI is InChI=1S/C13H14O3S/c1-8(2)13(15)16-11-5-6-12(9(3)7-11)17-10(4)14/h5-7H,1H2,2-4H3. The summed E-state index contributed by atoms with van der Waals surface area (Å²) in [5.74, 6) is 0.0137. The molecule has 1 aromatic rings. The summed E-state index contributed by atoms with van der Waals surface area (Å²) < 4.78 is 5.08. The molecule has 17 heavy (non-hydrogen) atoms. The third-order valence-electron chi connectivity index (χ3n) is 1.96. The average molecular weight is 250 g/mol. The number of benzene rings is 1. The number of aryl methyl sites for hydroxylation is 1. The van der Waals surface area contributed by atoms with E-state index in [0.29, 0.717) is 11.3 Å². The summed E-state index contributed by atoms with van der Waals surface area (Å²) in [6.45, 7) is 8.48. The van der Waals surface area contributed by atoms with Gasteiger partial charge in [0.05, 0.1) is 0 Å². The quantitative estimate of drug-likeness (QED) is 0.358. The first-order valence-electron chi connectivity index (χ1n) is 5.07. The highest BCUT2D eigenvalue weighted by Crippen LogP contribution is 2.26. The van der Waals surface area contributed by atoms with Gasteiger partial charge in [0.25, 0.3) is 0 Å². The van der Waals surface area contributed by atoms with E-state index in [0.717, 1.165) is 22.2 Å². The Kier molecular flexibility index (Phi) is 4.52. The highest BCUT2D eigenvalue weighted by molar-refractivity contribution is 8.13. The van der Waals surface area contributed by atoms with Crippen LogP contribution in [0.1, 0.15) is 19.4 Å². The fraction of sp³-hybridized carbons (Fsp3) is 0.231. The lowest BCUT2D eigenvalue weighted by Gasteiger charge is -2.07. The van der Waals surface area contributed by atoms with E-state index in [1.807, 2.05) is 6.92 Å². The summed E-state index contributed by atoms with van der Waals surface area (Å²) in [6, 6.07) is 5.16. The molecule has 90 valence electrons. The highest BCUT2D eigenvalue weighted by atomic mass is 32.2. The molecule has 0 radical (unpaired) electrons. The molecule has 1 aromatic carbocycles. The minimum atomic E-state index is -0.448. The molecule has 0 saturated carbocycles. The van der Waals surface area contributed by atoms with Gasteiger partial charge in [-0.15, -0.1) is 0 Å². The van der Waals surface area contributed by atoms with Crippen LogP contribution in [-0.4, -0.2) is 11.1 Å². The Labute approximate surface area is 105 Å². The predicted molar refractivity (Wildman–Crippen MR) is 68.2 cm³/mol. The van der Waals surface area contributed by atoms with Crippen molar-refractivity contribution >= 4 is 22.8 Å². The van der Waals surface area contributed by atoms with Gasteiger partial charge < -0.3 is 4.74 Å². The van der Waals surface area contributed by atoms with E-state index in [1.54, 1.807) is 25.1 Å². The van der Waals surface area contributed by atoms with E-state index in [-0.39, 0.29) is 5.12 Å². The van der Waals surface area contributed by atoms with Crippen molar-refractivity contribution in [3.63, 3.8) is 0 Å². The monoisotopic (exact) mass is 250 g/mol. The van der Waals surface area contributed by atoms with Crippen LogP contribution in [0.3, 0.4) is 0 Å². The lowest BCUT2D eigenvalue weighted by atomic mass is 10.2. The maximum absolute atomic E-state index is 11.3. The van der Waals surface area contributed by atoms with Gasteiger partial charge in [0, 0.05) is 17.4 Å². The topological polar surface area (TPSA) is 43.4 Å². The second-order valence-corrected chi connectivity index (χ2v) is 4.91. The van der Waals surface area contributed by atoms with E-state index in [1.165, 1.54) is 6.92 Å². The van der Waals surface area contributed by atoms with Gasteiger partial charge in [-0.25, -0.2) is 4.79 Å². The van der Waals surface area contributed by atoms with Crippen LogP contribution in [0, 0.1) is 6.92 Å². The second kappa shape index (κ2) is 5.68. The van der Waals surface area contributed by atoms with Crippen LogP contribution in [0.4, 0.5) is 0 Å². The maximum atomic E-state index is 11.3. The zero-order valence-corrected chi connectivity index (χ0v) is 10.9. The van der Waals surface area contributed by atoms with Crippen molar-refractivity contribution in [3.8, 4) is 5.75 Å². The number of carbonyl (C=O) groups excluding carboxylic acids is 2. The van der Waals surface area contributed by atoms with E-state index in [2.05, 4.69) is 6.58 Å². The van der Waals surface area contributed by atoms with Gasteiger partial charge in [-0.2, -0.15) is 0 Å².